The first kappa shape index (κ1) is 33.2. The highest BCUT2D eigenvalue weighted by Crippen LogP contribution is 2.42. The standard InChI is InChI=1S/C54H37NO/c1-2-43(21-12-19-38-18-11-17-37-14-3-6-22-45(37)38)55(44-32-28-41(29-33-44)47-26-13-20-39-15-4-7-23-46(39)47)52-27-10-9-24-48(52)42-31-35-53-51(36-42)50-34-30-40-16-5-8-25-49(40)54(50)56-53/h2-36H,1H2/b19-12+,43-21+. The number of anilines is 2. The summed E-state index contributed by atoms with van der Waals surface area (Å²) >= 11 is 0. The lowest BCUT2D eigenvalue weighted by Crippen LogP contribution is -2.16. The van der Waals surface area contributed by atoms with Gasteiger partial charge in [0.05, 0.1) is 5.69 Å². The molecular formula is C54H37NO. The number of allylic oxidation sites excluding steroid dienone is 3. The average molecular weight is 716 g/mol. The molecule has 0 atom stereocenters. The number of nitrogens with zero attached hydrogens (tertiary/aromatic N) is 1. The predicted molar refractivity (Wildman–Crippen MR) is 239 cm³/mol. The van der Waals surface area contributed by atoms with Crippen LogP contribution in [0.4, 0.5) is 11.4 Å². The van der Waals surface area contributed by atoms with Gasteiger partial charge in [-0.1, -0.05) is 170 Å². The first-order valence-corrected chi connectivity index (χ1v) is 19.0. The molecule has 0 fully saturated rings. The number of furan rings is 1. The summed E-state index contributed by atoms with van der Waals surface area (Å²) < 4.78 is 6.50. The first-order valence-electron chi connectivity index (χ1n) is 19.0. The maximum atomic E-state index is 6.50. The highest BCUT2D eigenvalue weighted by molar-refractivity contribution is 6.15. The summed E-state index contributed by atoms with van der Waals surface area (Å²) in [5.41, 5.74) is 10.6. The van der Waals surface area contributed by atoms with Crippen LogP contribution in [-0.4, -0.2) is 0 Å². The fourth-order valence-corrected chi connectivity index (χ4v) is 8.16. The molecule has 0 saturated carbocycles. The van der Waals surface area contributed by atoms with E-state index in [0.717, 1.165) is 55.5 Å². The molecule has 10 aromatic rings. The summed E-state index contributed by atoms with van der Waals surface area (Å²) in [7, 11) is 0. The van der Waals surface area contributed by atoms with Crippen LogP contribution in [-0.2, 0) is 0 Å². The molecular weight excluding hydrogens is 679 g/mol. The molecule has 9 aromatic carbocycles. The normalized spacial score (nSPS) is 12.0. The largest absolute Gasteiger partial charge is 0.455 e. The summed E-state index contributed by atoms with van der Waals surface area (Å²) in [6, 6.07) is 66.9. The Balaban J connectivity index is 1.12. The topological polar surface area (TPSA) is 16.4 Å². The lowest BCUT2D eigenvalue weighted by atomic mass is 9.97. The molecule has 0 aliphatic carbocycles. The third kappa shape index (κ3) is 5.85. The molecule has 1 heterocycles. The van der Waals surface area contributed by atoms with Crippen LogP contribution in [0.2, 0.25) is 0 Å². The van der Waals surface area contributed by atoms with E-state index in [1.54, 1.807) is 0 Å². The van der Waals surface area contributed by atoms with Gasteiger partial charge in [-0.25, -0.2) is 0 Å². The Morgan fingerprint density at radius 2 is 1.11 bits per heavy atom. The van der Waals surface area contributed by atoms with E-state index in [1.807, 2.05) is 6.08 Å². The van der Waals surface area contributed by atoms with Crippen LogP contribution in [0, 0.1) is 0 Å². The molecule has 2 nitrogen and oxygen atoms in total. The Morgan fingerprint density at radius 3 is 1.91 bits per heavy atom. The van der Waals surface area contributed by atoms with Crippen molar-refractivity contribution in [2.24, 2.45) is 0 Å². The molecule has 0 aliphatic heterocycles. The Morgan fingerprint density at radius 1 is 0.482 bits per heavy atom. The Labute approximate surface area is 326 Å². The molecule has 2 heteroatoms. The van der Waals surface area contributed by atoms with E-state index in [1.165, 1.54) is 43.6 Å². The van der Waals surface area contributed by atoms with Crippen molar-refractivity contribution in [3.8, 4) is 22.3 Å². The molecule has 0 N–H and O–H groups in total. The van der Waals surface area contributed by atoms with Crippen molar-refractivity contribution in [3.05, 3.63) is 224 Å². The van der Waals surface area contributed by atoms with Crippen molar-refractivity contribution in [1.29, 1.82) is 0 Å². The van der Waals surface area contributed by atoms with E-state index in [-0.39, 0.29) is 0 Å². The molecule has 0 amide bonds. The van der Waals surface area contributed by atoms with Gasteiger partial charge in [-0.3, -0.25) is 0 Å². The van der Waals surface area contributed by atoms with Crippen LogP contribution < -0.4 is 4.90 Å². The van der Waals surface area contributed by atoms with E-state index in [4.69, 9.17) is 4.42 Å². The van der Waals surface area contributed by atoms with Gasteiger partial charge < -0.3 is 9.32 Å². The predicted octanol–water partition coefficient (Wildman–Crippen LogP) is 15.3. The quantitative estimate of drug-likeness (QED) is 0.146. The van der Waals surface area contributed by atoms with Gasteiger partial charge in [0.15, 0.2) is 0 Å². The third-order valence-corrected chi connectivity index (χ3v) is 10.9. The van der Waals surface area contributed by atoms with Gasteiger partial charge in [0, 0.05) is 33.1 Å². The minimum atomic E-state index is 0.878. The molecule has 10 rings (SSSR count). The zero-order valence-corrected chi connectivity index (χ0v) is 30.8. The van der Waals surface area contributed by atoms with E-state index in [2.05, 4.69) is 218 Å². The molecule has 0 saturated heterocycles. The van der Waals surface area contributed by atoms with Gasteiger partial charge in [-0.2, -0.15) is 0 Å². The minimum Gasteiger partial charge on any atom is -0.455 e. The SMILES string of the molecule is C=C/C(=C\C=C\c1cccc2ccccc12)N(c1ccc(-c2cccc3ccccc23)cc1)c1ccccc1-c1ccc2oc3c4ccccc4ccc3c2c1. The number of rotatable bonds is 8. The number of hydrogen-bond donors (Lipinski definition) is 0. The smallest absolute Gasteiger partial charge is 0.143 e. The third-order valence-electron chi connectivity index (χ3n) is 10.9. The fraction of sp³-hybridized carbons (Fsp3) is 0. The second-order valence-corrected chi connectivity index (χ2v) is 14.1. The number of hydrogen-bond acceptors (Lipinski definition) is 2. The van der Waals surface area contributed by atoms with Crippen LogP contribution in [0.25, 0.3) is 82.6 Å². The molecule has 1 aromatic heterocycles. The molecule has 0 aliphatic rings. The average Bonchev–Trinajstić information content (AvgIpc) is 3.65. The van der Waals surface area contributed by atoms with Crippen molar-refractivity contribution < 1.29 is 4.42 Å². The van der Waals surface area contributed by atoms with Crippen LogP contribution >= 0.6 is 0 Å². The van der Waals surface area contributed by atoms with Crippen molar-refractivity contribution >= 4 is 71.7 Å². The van der Waals surface area contributed by atoms with Crippen LogP contribution in [0.15, 0.2) is 223 Å². The second kappa shape index (κ2) is 14.1. The van der Waals surface area contributed by atoms with Gasteiger partial charge in [0.25, 0.3) is 0 Å². The lowest BCUT2D eigenvalue weighted by molar-refractivity contribution is 0.672. The number of para-hydroxylation sites is 1. The molecule has 56 heavy (non-hydrogen) atoms. The van der Waals surface area contributed by atoms with Gasteiger partial charge in [-0.05, 0) is 97.7 Å². The first-order chi connectivity index (χ1) is 27.7. The monoisotopic (exact) mass is 715 g/mol. The maximum absolute atomic E-state index is 6.50. The van der Waals surface area contributed by atoms with E-state index in [0.29, 0.717) is 0 Å². The van der Waals surface area contributed by atoms with Gasteiger partial charge in [-0.15, -0.1) is 0 Å². The summed E-state index contributed by atoms with van der Waals surface area (Å²) in [6.07, 6.45) is 8.41. The van der Waals surface area contributed by atoms with Gasteiger partial charge in [0.1, 0.15) is 11.2 Å². The van der Waals surface area contributed by atoms with E-state index < -0.39 is 0 Å². The highest BCUT2D eigenvalue weighted by Gasteiger charge is 2.19. The Kier molecular flexibility index (Phi) is 8.35. The minimum absolute atomic E-state index is 0.878. The maximum Gasteiger partial charge on any atom is 0.143 e. The summed E-state index contributed by atoms with van der Waals surface area (Å²) in [5, 5.41) is 9.43. The summed E-state index contributed by atoms with van der Waals surface area (Å²) in [4.78, 5) is 2.31. The lowest BCUT2D eigenvalue weighted by Gasteiger charge is -2.29. The van der Waals surface area contributed by atoms with Gasteiger partial charge in [0.2, 0.25) is 0 Å². The van der Waals surface area contributed by atoms with Gasteiger partial charge >= 0.3 is 0 Å². The molecule has 0 spiro atoms. The Hall–Kier alpha value is -7.42. The summed E-state index contributed by atoms with van der Waals surface area (Å²) in [5.74, 6) is 0. The summed E-state index contributed by atoms with van der Waals surface area (Å²) in [6.45, 7) is 4.35. The zero-order chi connectivity index (χ0) is 37.4. The molecule has 0 radical (unpaired) electrons. The number of benzene rings is 9. The fourth-order valence-electron chi connectivity index (χ4n) is 8.16. The van der Waals surface area contributed by atoms with Crippen LogP contribution in [0.5, 0.6) is 0 Å². The highest BCUT2D eigenvalue weighted by atomic mass is 16.3. The van der Waals surface area contributed by atoms with Crippen molar-refractivity contribution in [2.45, 2.75) is 0 Å². The molecule has 0 unspecified atom stereocenters. The Bertz CT molecular complexity index is 3150. The van der Waals surface area contributed by atoms with E-state index >= 15 is 0 Å². The van der Waals surface area contributed by atoms with Crippen molar-refractivity contribution in [1.82, 2.24) is 0 Å². The van der Waals surface area contributed by atoms with Crippen molar-refractivity contribution in [3.63, 3.8) is 0 Å². The molecule has 264 valence electrons. The molecule has 0 bridgehead atoms. The van der Waals surface area contributed by atoms with Crippen LogP contribution in [0.3, 0.4) is 0 Å². The zero-order valence-electron chi connectivity index (χ0n) is 30.8. The second-order valence-electron chi connectivity index (χ2n) is 14.1. The number of fused-ring (bicyclic) bond motifs is 7. The van der Waals surface area contributed by atoms with Crippen molar-refractivity contribution in [2.75, 3.05) is 4.90 Å². The van der Waals surface area contributed by atoms with Crippen LogP contribution in [0.1, 0.15) is 5.56 Å². The van der Waals surface area contributed by atoms with E-state index in [9.17, 15) is 0 Å².